The van der Waals surface area contributed by atoms with Gasteiger partial charge in [0.2, 0.25) is 11.7 Å². The number of unbranched alkanes of at least 4 members (excludes halogenated alkanes) is 19. The van der Waals surface area contributed by atoms with Gasteiger partial charge in [-0.15, -0.1) is 6.58 Å². The number of ether oxygens (including phenoxy) is 4. The third-order valence-corrected chi connectivity index (χ3v) is 14.8. The fourth-order valence-electron chi connectivity index (χ4n) is 11.3. The molecule has 0 aromatic heterocycles. The molecule has 1 fully saturated rings. The Hall–Kier alpha value is -3.49. The Balaban J connectivity index is 1.72. The van der Waals surface area contributed by atoms with E-state index in [-0.39, 0.29) is 76.3 Å². The molecule has 70 heavy (non-hydrogen) atoms. The highest BCUT2D eigenvalue weighted by atomic mass is 16.7. The first-order valence-electron chi connectivity index (χ1n) is 27.9. The number of nitrogens with zero attached hydrogens (tertiary/aromatic N) is 2. The molecule has 2 amide bonds. The van der Waals surface area contributed by atoms with E-state index in [1.54, 1.807) is 19.3 Å². The molecular formula is C57H95N3O10. The van der Waals surface area contributed by atoms with Gasteiger partial charge in [0.1, 0.15) is 24.7 Å². The van der Waals surface area contributed by atoms with Crippen molar-refractivity contribution in [3.05, 3.63) is 48.1 Å². The summed E-state index contributed by atoms with van der Waals surface area (Å²) in [5, 5.41) is 37.2. The summed E-state index contributed by atoms with van der Waals surface area (Å²) in [6, 6.07) is 4.91. The summed E-state index contributed by atoms with van der Waals surface area (Å²) in [5.41, 5.74) is 2.53. The van der Waals surface area contributed by atoms with Crippen LogP contribution in [-0.4, -0.2) is 110 Å². The van der Waals surface area contributed by atoms with Crippen LogP contribution in [0.1, 0.15) is 199 Å². The lowest BCUT2D eigenvalue weighted by molar-refractivity contribution is -0.258. The summed E-state index contributed by atoms with van der Waals surface area (Å²) < 4.78 is 26.3. The van der Waals surface area contributed by atoms with E-state index in [4.69, 9.17) is 28.9 Å². The zero-order valence-electron chi connectivity index (χ0n) is 43.8. The van der Waals surface area contributed by atoms with Crippen molar-refractivity contribution >= 4 is 17.7 Å². The van der Waals surface area contributed by atoms with E-state index in [0.29, 0.717) is 43.0 Å². The summed E-state index contributed by atoms with van der Waals surface area (Å²) in [6.45, 7) is 9.87. The highest BCUT2D eigenvalue weighted by Crippen LogP contribution is 2.62. The molecule has 1 saturated carbocycles. The molecule has 0 spiro atoms. The van der Waals surface area contributed by atoms with Crippen LogP contribution < -0.4 is 14.8 Å². The van der Waals surface area contributed by atoms with Crippen molar-refractivity contribution in [2.24, 2.45) is 22.9 Å². The molecule has 1 aliphatic heterocycles. The molecule has 398 valence electrons. The summed E-state index contributed by atoms with van der Waals surface area (Å²) in [6.07, 6.45) is 31.1. The lowest BCUT2D eigenvalue weighted by Gasteiger charge is -2.60. The van der Waals surface area contributed by atoms with E-state index in [1.165, 1.54) is 77.0 Å². The third kappa shape index (κ3) is 18.5. The van der Waals surface area contributed by atoms with E-state index < -0.39 is 23.8 Å². The molecule has 2 aliphatic carbocycles. The van der Waals surface area contributed by atoms with Gasteiger partial charge in [0.05, 0.1) is 38.1 Å². The molecule has 13 nitrogen and oxygen atoms in total. The Morgan fingerprint density at radius 2 is 1.44 bits per heavy atom. The van der Waals surface area contributed by atoms with Gasteiger partial charge in [-0.2, -0.15) is 0 Å². The normalized spacial score (nSPS) is 21.9. The van der Waals surface area contributed by atoms with Crippen LogP contribution in [-0.2, 0) is 19.1 Å². The predicted octanol–water partition coefficient (Wildman–Crippen LogP) is 11.7. The van der Waals surface area contributed by atoms with Gasteiger partial charge in [0, 0.05) is 50.6 Å². The SMILES string of the molecule is C=CCOC12Oc3ccc(OC(=O)NCCCCCCCCCCCC)cc3C3C(CCCCO)C(CCCCO)C=C(C(=NOC)CC1N(CCOCCO)C(=O)CCCCCCCCCCC)C32. The van der Waals surface area contributed by atoms with Crippen LogP contribution in [0, 0.1) is 17.8 Å². The van der Waals surface area contributed by atoms with Gasteiger partial charge < -0.3 is 49.3 Å². The standard InChI is InChI=1S/C57H95N3O10/c1-5-8-10-12-14-16-18-20-22-26-34-58-56(65)69-46-32-33-51-49(43-46)54-47(30-25-28-37-62)45(29-24-27-36-61)42-48-50(59-66-4)44-52(57(70-51,55(48)54)68-39-7-3)60(35-40-67-41-38-63)53(64)31-23-21-19-17-15-13-11-9-6-2/h7,32-33,42-43,45,47,52,54-55,61-63H,3,5-6,8-31,34-41,44H2,1-2,4H3,(H,58,65). The zero-order chi connectivity index (χ0) is 50.2. The molecule has 0 bridgehead atoms. The molecule has 1 aromatic rings. The van der Waals surface area contributed by atoms with Crippen LogP contribution >= 0.6 is 0 Å². The first kappa shape index (κ1) is 59.1. The number of amides is 2. The van der Waals surface area contributed by atoms with E-state index in [2.05, 4.69) is 31.8 Å². The zero-order valence-corrected chi connectivity index (χ0v) is 43.8. The van der Waals surface area contributed by atoms with E-state index in [1.807, 2.05) is 17.0 Å². The van der Waals surface area contributed by atoms with Gasteiger partial charge in [0.15, 0.2) is 0 Å². The van der Waals surface area contributed by atoms with Crippen molar-refractivity contribution in [2.45, 2.75) is 205 Å². The Morgan fingerprint density at radius 3 is 2.06 bits per heavy atom. The second-order valence-electron chi connectivity index (χ2n) is 20.0. The third-order valence-electron chi connectivity index (χ3n) is 14.8. The first-order valence-corrected chi connectivity index (χ1v) is 27.9. The lowest BCUT2D eigenvalue weighted by atomic mass is 9.55. The molecule has 1 heterocycles. The summed E-state index contributed by atoms with van der Waals surface area (Å²) >= 11 is 0. The molecular weight excluding hydrogens is 887 g/mol. The minimum absolute atomic E-state index is 0.0234. The molecule has 6 unspecified atom stereocenters. The molecule has 1 aromatic carbocycles. The van der Waals surface area contributed by atoms with E-state index in [0.717, 1.165) is 81.8 Å². The van der Waals surface area contributed by atoms with Gasteiger partial charge >= 0.3 is 6.09 Å². The highest BCUT2D eigenvalue weighted by Gasteiger charge is 2.65. The number of hydrogen-bond acceptors (Lipinski definition) is 11. The summed E-state index contributed by atoms with van der Waals surface area (Å²) in [7, 11) is 1.54. The van der Waals surface area contributed by atoms with Gasteiger partial charge in [-0.1, -0.05) is 153 Å². The Labute approximate surface area is 422 Å². The fourth-order valence-corrected chi connectivity index (χ4v) is 11.3. The number of aliphatic hydroxyl groups excluding tert-OH is 3. The number of aliphatic hydroxyl groups is 3. The minimum Gasteiger partial charge on any atom is -0.459 e. The number of fused-ring (bicyclic) bond motifs is 2. The maximum Gasteiger partial charge on any atom is 0.412 e. The number of allylic oxidation sites excluding steroid dienone is 1. The smallest absolute Gasteiger partial charge is 0.412 e. The van der Waals surface area contributed by atoms with Crippen molar-refractivity contribution in [3.8, 4) is 11.5 Å². The number of benzene rings is 1. The van der Waals surface area contributed by atoms with Gasteiger partial charge in [0.25, 0.3) is 0 Å². The molecule has 4 rings (SSSR count). The minimum atomic E-state index is -1.41. The lowest BCUT2D eigenvalue weighted by Crippen LogP contribution is -2.70. The molecule has 0 saturated heterocycles. The number of carbonyl (C=O) groups excluding carboxylic acids is 2. The Bertz CT molecular complexity index is 1690. The largest absolute Gasteiger partial charge is 0.459 e. The van der Waals surface area contributed by atoms with Crippen molar-refractivity contribution in [1.29, 1.82) is 0 Å². The maximum atomic E-state index is 14.8. The van der Waals surface area contributed by atoms with Crippen molar-refractivity contribution in [3.63, 3.8) is 0 Å². The number of oxime groups is 1. The van der Waals surface area contributed by atoms with Crippen LogP contribution in [0.15, 0.2) is 47.7 Å². The van der Waals surface area contributed by atoms with Crippen LogP contribution in [0.4, 0.5) is 4.79 Å². The van der Waals surface area contributed by atoms with Gasteiger partial charge in [-0.3, -0.25) is 4.79 Å². The fraction of sp³-hybridized carbons (Fsp3) is 0.772. The van der Waals surface area contributed by atoms with E-state index >= 15 is 0 Å². The van der Waals surface area contributed by atoms with E-state index in [9.17, 15) is 24.9 Å². The Kier molecular flexibility index (Phi) is 29.4. The quantitative estimate of drug-likeness (QED) is 0.0282. The van der Waals surface area contributed by atoms with Crippen LogP contribution in [0.5, 0.6) is 11.5 Å². The first-order chi connectivity index (χ1) is 34.3. The van der Waals surface area contributed by atoms with Crippen LogP contribution in [0.25, 0.3) is 0 Å². The maximum absolute atomic E-state index is 14.8. The number of nitrogens with one attached hydrogen (secondary N) is 1. The monoisotopic (exact) mass is 982 g/mol. The average molecular weight is 982 g/mol. The second kappa shape index (κ2) is 34.8. The molecule has 4 N–H and O–H groups in total. The number of hydrogen-bond donors (Lipinski definition) is 4. The Morgan fingerprint density at radius 1 is 0.814 bits per heavy atom. The molecule has 6 atom stereocenters. The number of carbonyl (C=O) groups is 2. The summed E-state index contributed by atoms with van der Waals surface area (Å²) in [5.74, 6) is -1.09. The average Bonchev–Trinajstić information content (AvgIpc) is 3.36. The van der Waals surface area contributed by atoms with Crippen molar-refractivity contribution in [2.75, 3.05) is 59.8 Å². The van der Waals surface area contributed by atoms with Crippen molar-refractivity contribution in [1.82, 2.24) is 10.2 Å². The molecule has 3 aliphatic rings. The van der Waals surface area contributed by atoms with Crippen LogP contribution in [0.3, 0.4) is 0 Å². The van der Waals surface area contributed by atoms with Gasteiger partial charge in [-0.25, -0.2) is 4.79 Å². The highest BCUT2D eigenvalue weighted by molar-refractivity contribution is 6.03. The van der Waals surface area contributed by atoms with Crippen molar-refractivity contribution < 1.29 is 48.7 Å². The second-order valence-corrected chi connectivity index (χ2v) is 20.0. The van der Waals surface area contributed by atoms with Gasteiger partial charge in [-0.05, 0) is 74.1 Å². The van der Waals surface area contributed by atoms with Crippen LogP contribution in [0.2, 0.25) is 0 Å². The molecule has 0 radical (unpaired) electrons. The topological polar surface area (TPSA) is 169 Å². The number of rotatable bonds is 40. The summed E-state index contributed by atoms with van der Waals surface area (Å²) in [4.78, 5) is 35.7. The predicted molar refractivity (Wildman–Crippen MR) is 279 cm³/mol. The molecule has 13 heteroatoms.